The van der Waals surface area contributed by atoms with Crippen molar-refractivity contribution >= 4 is 46.6 Å². The number of rotatable bonds is 5. The fraction of sp³-hybridized carbons (Fsp3) is 0.125. The Bertz CT molecular complexity index is 803. The van der Waals surface area contributed by atoms with Gasteiger partial charge in [0.2, 0.25) is 5.16 Å². The van der Waals surface area contributed by atoms with Crippen molar-refractivity contribution < 1.29 is 0 Å². The molecule has 23 heavy (non-hydrogen) atoms. The predicted octanol–water partition coefficient (Wildman–Crippen LogP) is 5.65. The number of nitrogens with zero attached hydrogens (tertiary/aromatic N) is 2. The molecule has 0 saturated carbocycles. The van der Waals surface area contributed by atoms with E-state index in [2.05, 4.69) is 15.2 Å². The number of halogens is 3. The molecule has 0 atom stereocenters. The van der Waals surface area contributed by atoms with Crippen LogP contribution in [0.2, 0.25) is 15.1 Å². The Morgan fingerprint density at radius 3 is 2.43 bits per heavy atom. The first kappa shape index (κ1) is 16.7. The Morgan fingerprint density at radius 2 is 1.70 bits per heavy atom. The highest BCUT2D eigenvalue weighted by atomic mass is 35.5. The first-order valence-electron chi connectivity index (χ1n) is 6.82. The monoisotopic (exact) mass is 383 g/mol. The smallest absolute Gasteiger partial charge is 0.208 e. The van der Waals surface area contributed by atoms with Crippen molar-refractivity contribution in [1.29, 1.82) is 0 Å². The van der Waals surface area contributed by atoms with Gasteiger partial charge >= 0.3 is 0 Å². The van der Waals surface area contributed by atoms with Gasteiger partial charge in [0.05, 0.1) is 0 Å². The minimum Gasteiger partial charge on any atom is -0.262 e. The van der Waals surface area contributed by atoms with Crippen LogP contribution in [0.15, 0.2) is 47.6 Å². The topological polar surface area (TPSA) is 41.6 Å². The van der Waals surface area contributed by atoms with Gasteiger partial charge in [-0.05, 0) is 35.4 Å². The SMILES string of the molecule is Clc1ccc(Cc2nc(SCc3ccc(Cl)cc3Cl)n[nH]2)cc1. The molecule has 1 heterocycles. The van der Waals surface area contributed by atoms with Gasteiger partial charge in [0.15, 0.2) is 0 Å². The third-order valence-corrected chi connectivity index (χ3v) is 4.90. The maximum absolute atomic E-state index is 6.16. The molecule has 0 spiro atoms. The Hall–Kier alpha value is -1.20. The normalized spacial score (nSPS) is 10.9. The number of benzene rings is 2. The lowest BCUT2D eigenvalue weighted by molar-refractivity contribution is 0.956. The first-order valence-corrected chi connectivity index (χ1v) is 8.94. The van der Waals surface area contributed by atoms with Crippen molar-refractivity contribution in [1.82, 2.24) is 15.2 Å². The molecular formula is C16H12Cl3N3S. The van der Waals surface area contributed by atoms with Gasteiger partial charge in [-0.1, -0.05) is 64.8 Å². The molecule has 1 aromatic heterocycles. The molecule has 3 aromatic rings. The van der Waals surface area contributed by atoms with Gasteiger partial charge in [-0.25, -0.2) is 4.98 Å². The van der Waals surface area contributed by atoms with Crippen LogP contribution in [0.25, 0.3) is 0 Å². The number of H-pyrrole nitrogens is 1. The van der Waals surface area contributed by atoms with E-state index in [1.54, 1.807) is 6.07 Å². The minimum absolute atomic E-state index is 0.631. The van der Waals surface area contributed by atoms with Crippen LogP contribution < -0.4 is 0 Å². The van der Waals surface area contributed by atoms with Gasteiger partial charge in [-0.3, -0.25) is 5.10 Å². The summed E-state index contributed by atoms with van der Waals surface area (Å²) < 4.78 is 0. The van der Waals surface area contributed by atoms with Crippen molar-refractivity contribution in [3.63, 3.8) is 0 Å². The summed E-state index contributed by atoms with van der Waals surface area (Å²) in [7, 11) is 0. The zero-order valence-electron chi connectivity index (χ0n) is 11.9. The highest BCUT2D eigenvalue weighted by molar-refractivity contribution is 7.98. The summed E-state index contributed by atoms with van der Waals surface area (Å²) in [4.78, 5) is 4.48. The summed E-state index contributed by atoms with van der Waals surface area (Å²) in [6.07, 6.45) is 0.687. The van der Waals surface area contributed by atoms with Gasteiger partial charge in [0, 0.05) is 27.2 Å². The molecule has 0 amide bonds. The molecule has 0 unspecified atom stereocenters. The Kier molecular flexibility index (Phi) is 5.49. The van der Waals surface area contributed by atoms with E-state index in [1.165, 1.54) is 11.8 Å². The maximum Gasteiger partial charge on any atom is 0.208 e. The molecule has 0 saturated heterocycles. The molecule has 2 aromatic carbocycles. The molecule has 0 fully saturated rings. The van der Waals surface area contributed by atoms with Crippen molar-refractivity contribution in [3.8, 4) is 0 Å². The summed E-state index contributed by atoms with van der Waals surface area (Å²) in [6.45, 7) is 0. The molecule has 1 N–H and O–H groups in total. The summed E-state index contributed by atoms with van der Waals surface area (Å²) in [6, 6.07) is 13.2. The lowest BCUT2D eigenvalue weighted by Gasteiger charge is -2.02. The van der Waals surface area contributed by atoms with E-state index < -0.39 is 0 Å². The molecule has 0 bridgehead atoms. The lowest BCUT2D eigenvalue weighted by Crippen LogP contribution is -1.90. The highest BCUT2D eigenvalue weighted by Gasteiger charge is 2.07. The second-order valence-electron chi connectivity index (χ2n) is 4.89. The molecule has 3 nitrogen and oxygen atoms in total. The van der Waals surface area contributed by atoms with Crippen molar-refractivity contribution in [2.45, 2.75) is 17.3 Å². The van der Waals surface area contributed by atoms with Crippen LogP contribution in [0.3, 0.4) is 0 Å². The summed E-state index contributed by atoms with van der Waals surface area (Å²) in [5.41, 5.74) is 2.13. The number of thioether (sulfide) groups is 1. The maximum atomic E-state index is 6.16. The van der Waals surface area contributed by atoms with Gasteiger partial charge in [0.25, 0.3) is 0 Å². The van der Waals surface area contributed by atoms with Gasteiger partial charge < -0.3 is 0 Å². The van der Waals surface area contributed by atoms with Crippen LogP contribution in [-0.4, -0.2) is 15.2 Å². The third-order valence-electron chi connectivity index (χ3n) is 3.17. The molecule has 0 radical (unpaired) electrons. The standard InChI is InChI=1S/C16H12Cl3N3S/c17-12-4-1-10(2-5-12)7-15-20-16(22-21-15)23-9-11-3-6-13(18)8-14(11)19/h1-6,8H,7,9H2,(H,20,21,22). The van der Waals surface area contributed by atoms with Crippen LogP contribution in [0.1, 0.15) is 17.0 Å². The third kappa shape index (κ3) is 4.64. The average Bonchev–Trinajstić information content (AvgIpc) is 2.96. The van der Waals surface area contributed by atoms with Crippen LogP contribution in [-0.2, 0) is 12.2 Å². The van der Waals surface area contributed by atoms with E-state index in [4.69, 9.17) is 34.8 Å². The van der Waals surface area contributed by atoms with Gasteiger partial charge in [-0.15, -0.1) is 5.10 Å². The largest absolute Gasteiger partial charge is 0.262 e. The van der Waals surface area contributed by atoms with E-state index in [0.717, 1.165) is 22.0 Å². The average molecular weight is 385 g/mol. The molecule has 118 valence electrons. The second kappa shape index (κ2) is 7.58. The Balaban J connectivity index is 1.62. The molecule has 0 aliphatic rings. The molecule has 0 aliphatic heterocycles. The lowest BCUT2D eigenvalue weighted by atomic mass is 10.1. The number of aromatic nitrogens is 3. The zero-order chi connectivity index (χ0) is 16.2. The van der Waals surface area contributed by atoms with E-state index >= 15 is 0 Å². The van der Waals surface area contributed by atoms with Gasteiger partial charge in [0.1, 0.15) is 5.82 Å². The number of aromatic amines is 1. The fourth-order valence-electron chi connectivity index (χ4n) is 2.00. The van der Waals surface area contributed by atoms with Gasteiger partial charge in [-0.2, -0.15) is 0 Å². The minimum atomic E-state index is 0.631. The Morgan fingerprint density at radius 1 is 0.957 bits per heavy atom. The number of hydrogen-bond acceptors (Lipinski definition) is 3. The zero-order valence-corrected chi connectivity index (χ0v) is 15.0. The Labute approximate surface area is 153 Å². The van der Waals surface area contributed by atoms with E-state index in [0.29, 0.717) is 27.4 Å². The number of hydrogen-bond donors (Lipinski definition) is 1. The molecular weight excluding hydrogens is 373 g/mol. The summed E-state index contributed by atoms with van der Waals surface area (Å²) in [5, 5.41) is 9.89. The van der Waals surface area contributed by atoms with Crippen LogP contribution in [0.4, 0.5) is 0 Å². The predicted molar refractivity (Wildman–Crippen MR) is 96.7 cm³/mol. The van der Waals surface area contributed by atoms with E-state index in [1.807, 2.05) is 36.4 Å². The summed E-state index contributed by atoms with van der Waals surface area (Å²) >= 11 is 19.5. The summed E-state index contributed by atoms with van der Waals surface area (Å²) in [5.74, 6) is 1.51. The van der Waals surface area contributed by atoms with Crippen LogP contribution >= 0.6 is 46.6 Å². The van der Waals surface area contributed by atoms with Crippen molar-refractivity contribution in [2.24, 2.45) is 0 Å². The van der Waals surface area contributed by atoms with E-state index in [9.17, 15) is 0 Å². The molecule has 0 aliphatic carbocycles. The first-order chi connectivity index (χ1) is 11.1. The fourth-order valence-corrected chi connectivity index (χ4v) is 3.50. The van der Waals surface area contributed by atoms with Crippen molar-refractivity contribution in [2.75, 3.05) is 0 Å². The van der Waals surface area contributed by atoms with Crippen molar-refractivity contribution in [3.05, 3.63) is 74.5 Å². The molecule has 3 rings (SSSR count). The van der Waals surface area contributed by atoms with Crippen LogP contribution in [0.5, 0.6) is 0 Å². The van der Waals surface area contributed by atoms with E-state index in [-0.39, 0.29) is 0 Å². The second-order valence-corrected chi connectivity index (χ2v) is 7.11. The number of nitrogens with one attached hydrogen (secondary N) is 1. The highest BCUT2D eigenvalue weighted by Crippen LogP contribution is 2.27. The molecule has 7 heteroatoms. The quantitative estimate of drug-likeness (QED) is 0.578. The van der Waals surface area contributed by atoms with Crippen LogP contribution in [0, 0.1) is 0 Å².